The maximum Gasteiger partial charge on any atom is 0.161 e. The number of hydrogen-bond acceptors (Lipinski definition) is 4. The van der Waals surface area contributed by atoms with Crippen LogP contribution in [0.25, 0.3) is 0 Å². The van der Waals surface area contributed by atoms with Crippen molar-refractivity contribution < 1.29 is 14.6 Å². The Balaban J connectivity index is 0.00000128. The van der Waals surface area contributed by atoms with Crippen molar-refractivity contribution in [3.63, 3.8) is 0 Å². The standard InChI is InChI=1S/C11H15NO3.ClH/c1-7(12)11(13)8-2-3-9-10(6-8)15-5-4-14-9;/h2-3,6-7,11,13H,4-5,12H2,1H3;1H. The molecule has 4 nitrogen and oxygen atoms in total. The van der Waals surface area contributed by atoms with Crippen LogP contribution in [0.5, 0.6) is 11.5 Å². The van der Waals surface area contributed by atoms with Crippen molar-refractivity contribution in [1.82, 2.24) is 0 Å². The van der Waals surface area contributed by atoms with Crippen LogP contribution in [0, 0.1) is 0 Å². The van der Waals surface area contributed by atoms with E-state index in [9.17, 15) is 5.11 Å². The van der Waals surface area contributed by atoms with E-state index in [-0.39, 0.29) is 18.4 Å². The van der Waals surface area contributed by atoms with Gasteiger partial charge in [0.25, 0.3) is 0 Å². The number of aliphatic hydroxyl groups is 1. The second-order valence-corrected chi connectivity index (χ2v) is 3.71. The summed E-state index contributed by atoms with van der Waals surface area (Å²) in [4.78, 5) is 0. The first-order valence-electron chi connectivity index (χ1n) is 5.01. The predicted molar refractivity (Wildman–Crippen MR) is 63.3 cm³/mol. The molecule has 0 bridgehead atoms. The van der Waals surface area contributed by atoms with E-state index in [0.29, 0.717) is 19.0 Å². The second-order valence-electron chi connectivity index (χ2n) is 3.71. The summed E-state index contributed by atoms with van der Waals surface area (Å²) >= 11 is 0. The highest BCUT2D eigenvalue weighted by Gasteiger charge is 2.17. The van der Waals surface area contributed by atoms with Crippen molar-refractivity contribution >= 4 is 12.4 Å². The molecular weight excluding hydrogens is 230 g/mol. The molecule has 0 amide bonds. The van der Waals surface area contributed by atoms with E-state index in [1.54, 1.807) is 19.1 Å². The first-order valence-corrected chi connectivity index (χ1v) is 5.01. The molecule has 1 heterocycles. The van der Waals surface area contributed by atoms with E-state index < -0.39 is 6.10 Å². The number of hydrogen-bond donors (Lipinski definition) is 2. The zero-order valence-electron chi connectivity index (χ0n) is 9.05. The molecule has 2 rings (SSSR count). The molecule has 5 heteroatoms. The highest BCUT2D eigenvalue weighted by Crippen LogP contribution is 2.32. The van der Waals surface area contributed by atoms with Crippen molar-refractivity contribution in [1.29, 1.82) is 0 Å². The lowest BCUT2D eigenvalue weighted by atomic mass is 10.0. The van der Waals surface area contributed by atoms with E-state index in [4.69, 9.17) is 15.2 Å². The second kappa shape index (κ2) is 5.39. The Hall–Kier alpha value is -0.970. The van der Waals surface area contributed by atoms with Gasteiger partial charge >= 0.3 is 0 Å². The number of benzene rings is 1. The summed E-state index contributed by atoms with van der Waals surface area (Å²) in [5.74, 6) is 1.40. The normalized spacial score (nSPS) is 17.2. The fourth-order valence-electron chi connectivity index (χ4n) is 1.55. The van der Waals surface area contributed by atoms with Gasteiger partial charge in [-0.1, -0.05) is 6.07 Å². The largest absolute Gasteiger partial charge is 0.486 e. The zero-order valence-corrected chi connectivity index (χ0v) is 9.87. The number of nitrogens with two attached hydrogens (primary N) is 1. The molecule has 16 heavy (non-hydrogen) atoms. The van der Waals surface area contributed by atoms with Gasteiger partial charge in [-0.2, -0.15) is 0 Å². The third-order valence-electron chi connectivity index (χ3n) is 2.41. The Kier molecular flexibility index (Phi) is 4.41. The number of aliphatic hydroxyl groups excluding tert-OH is 1. The van der Waals surface area contributed by atoms with Gasteiger partial charge in [-0.15, -0.1) is 12.4 Å². The van der Waals surface area contributed by atoms with Crippen LogP contribution >= 0.6 is 12.4 Å². The topological polar surface area (TPSA) is 64.7 Å². The monoisotopic (exact) mass is 245 g/mol. The van der Waals surface area contributed by atoms with Gasteiger partial charge in [0.1, 0.15) is 13.2 Å². The van der Waals surface area contributed by atoms with Crippen LogP contribution < -0.4 is 15.2 Å². The molecule has 90 valence electrons. The van der Waals surface area contributed by atoms with Gasteiger partial charge in [0.2, 0.25) is 0 Å². The number of halogens is 1. The maximum absolute atomic E-state index is 9.78. The van der Waals surface area contributed by atoms with E-state index in [0.717, 1.165) is 11.3 Å². The highest BCUT2D eigenvalue weighted by atomic mass is 35.5. The van der Waals surface area contributed by atoms with Crippen LogP contribution in [0.4, 0.5) is 0 Å². The van der Waals surface area contributed by atoms with E-state index in [2.05, 4.69) is 0 Å². The number of ether oxygens (including phenoxy) is 2. The lowest BCUT2D eigenvalue weighted by Crippen LogP contribution is -2.24. The molecular formula is C11H16ClNO3. The highest BCUT2D eigenvalue weighted by molar-refractivity contribution is 5.85. The predicted octanol–water partition coefficient (Wildman–Crippen LogP) is 1.26. The van der Waals surface area contributed by atoms with Gasteiger partial charge in [-0.25, -0.2) is 0 Å². The van der Waals surface area contributed by atoms with Crippen molar-refractivity contribution in [2.45, 2.75) is 19.1 Å². The summed E-state index contributed by atoms with van der Waals surface area (Å²) in [6, 6.07) is 5.09. The summed E-state index contributed by atoms with van der Waals surface area (Å²) in [5, 5.41) is 9.78. The van der Waals surface area contributed by atoms with E-state index >= 15 is 0 Å². The van der Waals surface area contributed by atoms with E-state index in [1.165, 1.54) is 0 Å². The number of rotatable bonds is 2. The molecule has 0 aliphatic carbocycles. The minimum Gasteiger partial charge on any atom is -0.486 e. The van der Waals surface area contributed by atoms with Gasteiger partial charge in [0, 0.05) is 6.04 Å². The average Bonchev–Trinajstić information content (AvgIpc) is 2.27. The third-order valence-corrected chi connectivity index (χ3v) is 2.41. The molecule has 1 aliphatic rings. The van der Waals surface area contributed by atoms with Gasteiger partial charge in [0.15, 0.2) is 11.5 Å². The maximum atomic E-state index is 9.78. The molecule has 0 radical (unpaired) electrons. The zero-order chi connectivity index (χ0) is 10.8. The number of fused-ring (bicyclic) bond motifs is 1. The van der Waals surface area contributed by atoms with Gasteiger partial charge in [-0.05, 0) is 24.6 Å². The minimum absolute atomic E-state index is 0. The van der Waals surface area contributed by atoms with Gasteiger partial charge in [-0.3, -0.25) is 0 Å². The quantitative estimate of drug-likeness (QED) is 0.824. The first kappa shape index (κ1) is 13.1. The smallest absolute Gasteiger partial charge is 0.161 e. The van der Waals surface area contributed by atoms with Crippen molar-refractivity contribution in [2.24, 2.45) is 5.73 Å². The summed E-state index contributed by atoms with van der Waals surface area (Å²) in [6.45, 7) is 2.88. The molecule has 1 aliphatic heterocycles. The molecule has 0 spiro atoms. The molecule has 1 aromatic carbocycles. The molecule has 0 aromatic heterocycles. The SMILES string of the molecule is CC(N)C(O)c1ccc2c(c1)OCCO2.Cl. The van der Waals surface area contributed by atoms with Crippen LogP contribution in [0.1, 0.15) is 18.6 Å². The summed E-state index contributed by atoms with van der Waals surface area (Å²) in [6.07, 6.45) is -0.666. The molecule has 3 N–H and O–H groups in total. The van der Waals surface area contributed by atoms with Gasteiger partial charge < -0.3 is 20.3 Å². The molecule has 0 fully saturated rings. The summed E-state index contributed by atoms with van der Waals surface area (Å²) in [7, 11) is 0. The van der Waals surface area contributed by atoms with Crippen LogP contribution in [0.15, 0.2) is 18.2 Å². The van der Waals surface area contributed by atoms with Crippen LogP contribution in [-0.4, -0.2) is 24.4 Å². The Morgan fingerprint density at radius 3 is 2.50 bits per heavy atom. The molecule has 0 saturated carbocycles. The third kappa shape index (κ3) is 2.58. The van der Waals surface area contributed by atoms with Crippen molar-refractivity contribution in [2.75, 3.05) is 13.2 Å². The molecule has 0 saturated heterocycles. The first-order chi connectivity index (χ1) is 7.18. The average molecular weight is 246 g/mol. The van der Waals surface area contributed by atoms with Crippen LogP contribution in [0.3, 0.4) is 0 Å². The molecule has 2 atom stereocenters. The Morgan fingerprint density at radius 2 is 1.88 bits per heavy atom. The van der Waals surface area contributed by atoms with Crippen molar-refractivity contribution in [3.05, 3.63) is 23.8 Å². The summed E-state index contributed by atoms with van der Waals surface area (Å²) < 4.78 is 10.8. The fraction of sp³-hybridized carbons (Fsp3) is 0.455. The summed E-state index contributed by atoms with van der Waals surface area (Å²) in [5.41, 5.74) is 6.38. The van der Waals surface area contributed by atoms with Crippen LogP contribution in [0.2, 0.25) is 0 Å². The van der Waals surface area contributed by atoms with E-state index in [1.807, 2.05) is 6.07 Å². The fourth-order valence-corrected chi connectivity index (χ4v) is 1.55. The lowest BCUT2D eigenvalue weighted by Gasteiger charge is -2.21. The Bertz CT molecular complexity index is 357. The lowest BCUT2D eigenvalue weighted by molar-refractivity contribution is 0.149. The Labute approximate surface area is 101 Å². The van der Waals surface area contributed by atoms with Crippen LogP contribution in [-0.2, 0) is 0 Å². The van der Waals surface area contributed by atoms with Crippen molar-refractivity contribution in [3.8, 4) is 11.5 Å². The molecule has 1 aromatic rings. The van der Waals surface area contributed by atoms with Gasteiger partial charge in [0.05, 0.1) is 6.10 Å². The molecule has 2 unspecified atom stereocenters. The Morgan fingerprint density at radius 1 is 1.25 bits per heavy atom. The minimum atomic E-state index is -0.666.